The lowest BCUT2D eigenvalue weighted by Gasteiger charge is -2.32. The van der Waals surface area contributed by atoms with Crippen molar-refractivity contribution in [1.82, 2.24) is 24.9 Å². The van der Waals surface area contributed by atoms with Gasteiger partial charge in [-0.1, -0.05) is 10.8 Å². The molecule has 1 fully saturated rings. The van der Waals surface area contributed by atoms with Crippen LogP contribution in [-0.4, -0.2) is 150 Å². The third kappa shape index (κ3) is 13.8. The number of thiol groups is 1. The number of nitrogens with one attached hydrogen (secondary N) is 1. The number of carboxylic acid groups (broad SMARTS) is 3. The van der Waals surface area contributed by atoms with Gasteiger partial charge in [0.2, 0.25) is 5.91 Å². The van der Waals surface area contributed by atoms with Crippen molar-refractivity contribution in [3.8, 4) is 0 Å². The fourth-order valence-corrected chi connectivity index (χ4v) is 3.75. The molecule has 0 aromatic heterocycles. The van der Waals surface area contributed by atoms with E-state index in [1.807, 2.05) is 4.90 Å². The molecular weight excluding hydrogens is 462 g/mol. The molecule has 12 nitrogen and oxygen atoms in total. The molecule has 0 spiro atoms. The number of hydrogen-bond donors (Lipinski definition) is 5. The maximum Gasteiger partial charge on any atom is 0.317 e. The normalized spacial score (nSPS) is 18.4. The minimum atomic E-state index is -1.000. The van der Waals surface area contributed by atoms with Gasteiger partial charge in [0.1, 0.15) is 0 Å². The summed E-state index contributed by atoms with van der Waals surface area (Å²) in [7, 11) is 1.32. The van der Waals surface area contributed by atoms with Crippen LogP contribution in [0.4, 0.5) is 0 Å². The third-order valence-electron chi connectivity index (χ3n) is 4.89. The van der Waals surface area contributed by atoms with Gasteiger partial charge < -0.3 is 20.6 Å². The molecule has 0 aromatic carbocycles. The molecule has 1 heterocycles. The van der Waals surface area contributed by atoms with E-state index < -0.39 is 17.9 Å². The molecule has 1 amide bonds. The first-order valence-electron chi connectivity index (χ1n) is 10.3. The van der Waals surface area contributed by atoms with Crippen molar-refractivity contribution < 1.29 is 34.5 Å². The first-order valence-corrected chi connectivity index (χ1v) is 12.3. The number of amides is 1. The highest BCUT2D eigenvalue weighted by Crippen LogP contribution is 2.03. The van der Waals surface area contributed by atoms with Gasteiger partial charge in [-0.25, -0.2) is 0 Å². The fraction of sp³-hybridized carbons (Fsp3) is 0.778. The van der Waals surface area contributed by atoms with Crippen LogP contribution in [0.15, 0.2) is 0 Å². The van der Waals surface area contributed by atoms with Crippen LogP contribution in [0.3, 0.4) is 0 Å². The fourth-order valence-electron chi connectivity index (χ4n) is 3.28. The van der Waals surface area contributed by atoms with Crippen LogP contribution in [0.2, 0.25) is 0 Å². The van der Waals surface area contributed by atoms with Gasteiger partial charge in [-0.3, -0.25) is 38.8 Å². The van der Waals surface area contributed by atoms with Gasteiger partial charge in [0.05, 0.1) is 26.2 Å². The molecule has 0 bridgehead atoms. The highest BCUT2D eigenvalue weighted by atomic mass is 33.1. The van der Waals surface area contributed by atoms with Gasteiger partial charge in [0.25, 0.3) is 0 Å². The number of nitrogens with zero attached hydrogens (tertiary/aromatic N) is 4. The average molecular weight is 496 g/mol. The van der Waals surface area contributed by atoms with Crippen LogP contribution >= 0.6 is 22.5 Å². The molecule has 1 aliphatic rings. The molecule has 0 saturated carbocycles. The number of aliphatic carboxylic acids is 3. The first-order chi connectivity index (χ1) is 15.2. The van der Waals surface area contributed by atoms with E-state index in [0.717, 1.165) is 0 Å². The lowest BCUT2D eigenvalue weighted by molar-refractivity contribution is -0.140. The second kappa shape index (κ2) is 16.1. The van der Waals surface area contributed by atoms with Gasteiger partial charge >= 0.3 is 17.9 Å². The number of hydrogen-bond acceptors (Lipinski definition) is 10. The van der Waals surface area contributed by atoms with Gasteiger partial charge in [-0.05, 0) is 0 Å². The SMILES string of the molecule is O=C(O)CN1CCN(CC(=O)O)CCN(CC(=O)NCCSS)CCN(CC(=O)O)CC1. The Morgan fingerprint density at radius 3 is 1.25 bits per heavy atom. The number of carbonyl (C=O) groups is 4. The molecule has 1 aliphatic heterocycles. The molecule has 1 rings (SSSR count). The molecule has 0 aliphatic carbocycles. The Balaban J connectivity index is 2.89. The maximum absolute atomic E-state index is 12.3. The van der Waals surface area contributed by atoms with E-state index in [2.05, 4.69) is 17.0 Å². The zero-order chi connectivity index (χ0) is 23.9. The zero-order valence-electron chi connectivity index (χ0n) is 18.0. The summed E-state index contributed by atoms with van der Waals surface area (Å²) in [5, 5.41) is 30.4. The van der Waals surface area contributed by atoms with Crippen LogP contribution < -0.4 is 5.32 Å². The summed E-state index contributed by atoms with van der Waals surface area (Å²) in [6.45, 7) is 2.97. The minimum Gasteiger partial charge on any atom is -0.480 e. The Labute approximate surface area is 196 Å². The van der Waals surface area contributed by atoms with Crippen LogP contribution in [0, 0.1) is 0 Å². The predicted octanol–water partition coefficient (Wildman–Crippen LogP) is -1.84. The van der Waals surface area contributed by atoms with E-state index >= 15 is 0 Å². The quantitative estimate of drug-likeness (QED) is 0.124. The van der Waals surface area contributed by atoms with Crippen LogP contribution in [0.5, 0.6) is 0 Å². The number of rotatable bonds is 11. The Hall–Kier alpha value is -1.58. The van der Waals surface area contributed by atoms with E-state index in [4.69, 9.17) is 5.11 Å². The predicted molar refractivity (Wildman–Crippen MR) is 123 cm³/mol. The molecule has 4 N–H and O–H groups in total. The van der Waals surface area contributed by atoms with Gasteiger partial charge in [0.15, 0.2) is 0 Å². The number of carbonyl (C=O) groups excluding carboxylic acids is 1. The minimum absolute atomic E-state index is 0.115. The smallest absolute Gasteiger partial charge is 0.317 e. The Bertz CT molecular complexity index is 597. The van der Waals surface area contributed by atoms with Crippen molar-refractivity contribution in [2.75, 3.05) is 90.8 Å². The highest BCUT2D eigenvalue weighted by Gasteiger charge is 2.20. The van der Waals surface area contributed by atoms with Crippen molar-refractivity contribution in [1.29, 1.82) is 0 Å². The van der Waals surface area contributed by atoms with Crippen molar-refractivity contribution in [2.45, 2.75) is 0 Å². The van der Waals surface area contributed by atoms with Crippen molar-refractivity contribution in [3.05, 3.63) is 0 Å². The van der Waals surface area contributed by atoms with E-state index in [1.54, 1.807) is 14.7 Å². The topological polar surface area (TPSA) is 154 Å². The van der Waals surface area contributed by atoms with E-state index in [0.29, 0.717) is 64.7 Å². The van der Waals surface area contributed by atoms with Crippen LogP contribution in [0.25, 0.3) is 0 Å². The maximum atomic E-state index is 12.3. The largest absolute Gasteiger partial charge is 0.480 e. The molecule has 0 radical (unpaired) electrons. The van der Waals surface area contributed by atoms with Gasteiger partial charge in [-0.15, -0.1) is 11.7 Å². The highest BCUT2D eigenvalue weighted by molar-refractivity contribution is 8.68. The molecule has 32 heavy (non-hydrogen) atoms. The molecule has 184 valence electrons. The molecule has 0 unspecified atom stereocenters. The standard InChI is InChI=1S/C18H33N5O7S2/c24-15(19-1-10-32-31)11-20-2-4-21(12-16(25)26)6-8-23(14-18(29)30)9-7-22(5-3-20)13-17(27)28/h31H,1-14H2,(H,19,24)(H,25,26)(H,27,28)(H,29,30). The Morgan fingerprint density at radius 1 is 0.656 bits per heavy atom. The zero-order valence-corrected chi connectivity index (χ0v) is 19.7. The molecular formula is C18H33N5O7S2. The lowest BCUT2D eigenvalue weighted by atomic mass is 10.3. The third-order valence-corrected chi connectivity index (χ3v) is 5.82. The van der Waals surface area contributed by atoms with Crippen LogP contribution in [-0.2, 0) is 19.2 Å². The Kier molecular flexibility index (Phi) is 14.3. The second-order valence-electron chi connectivity index (χ2n) is 7.47. The second-order valence-corrected chi connectivity index (χ2v) is 8.91. The summed E-state index contributed by atoms with van der Waals surface area (Å²) in [6.07, 6.45) is 0. The van der Waals surface area contributed by atoms with E-state index in [9.17, 15) is 29.4 Å². The summed E-state index contributed by atoms with van der Waals surface area (Å²) in [5.74, 6) is -2.46. The van der Waals surface area contributed by atoms with Crippen LogP contribution in [0.1, 0.15) is 0 Å². The van der Waals surface area contributed by atoms with E-state index in [1.165, 1.54) is 10.8 Å². The molecule has 14 heteroatoms. The van der Waals surface area contributed by atoms with Crippen molar-refractivity contribution >= 4 is 46.3 Å². The van der Waals surface area contributed by atoms with E-state index in [-0.39, 0.29) is 32.1 Å². The summed E-state index contributed by atoms with van der Waals surface area (Å²) in [6, 6.07) is 0. The summed E-state index contributed by atoms with van der Waals surface area (Å²) in [4.78, 5) is 53.0. The lowest BCUT2D eigenvalue weighted by Crippen LogP contribution is -2.49. The van der Waals surface area contributed by atoms with Crippen molar-refractivity contribution in [3.63, 3.8) is 0 Å². The average Bonchev–Trinajstić information content (AvgIpc) is 2.69. The van der Waals surface area contributed by atoms with Crippen molar-refractivity contribution in [2.24, 2.45) is 0 Å². The molecule has 1 saturated heterocycles. The first kappa shape index (κ1) is 28.5. The summed E-state index contributed by atoms with van der Waals surface area (Å²) in [5.41, 5.74) is 0. The summed E-state index contributed by atoms with van der Waals surface area (Å²) >= 11 is 4.03. The molecule has 0 aromatic rings. The summed E-state index contributed by atoms with van der Waals surface area (Å²) < 4.78 is 0. The Morgan fingerprint density at radius 2 is 0.969 bits per heavy atom. The molecule has 0 atom stereocenters. The van der Waals surface area contributed by atoms with Gasteiger partial charge in [-0.2, -0.15) is 0 Å². The van der Waals surface area contributed by atoms with Gasteiger partial charge in [0, 0.05) is 64.7 Å². The number of carboxylic acids is 3. The monoisotopic (exact) mass is 495 g/mol.